The first-order valence-corrected chi connectivity index (χ1v) is 12.9. The molecule has 30 heavy (non-hydrogen) atoms. The van der Waals surface area contributed by atoms with Crippen molar-refractivity contribution in [3.63, 3.8) is 0 Å². The van der Waals surface area contributed by atoms with Crippen molar-refractivity contribution >= 4 is 0 Å². The number of hydrogen-bond donors (Lipinski definition) is 2. The zero-order chi connectivity index (χ0) is 21.3. The summed E-state index contributed by atoms with van der Waals surface area (Å²) >= 11 is 0. The standard InChI is InChI=1S/C26H44O4/c1-5-17-21-14-16(27)8-10-26(21,4)20-9-11-25(3)18(15(2)24-29-12-13-30-24)6-7-19(25)22(20)23(17)28/h15-24,27-28H,5-14H2,1-4H3/t15-,16+,17+,18+,19?,20?,21?,22?,23?,25+,26+/m0/s1. The summed E-state index contributed by atoms with van der Waals surface area (Å²) in [5.74, 6) is 3.51. The molecule has 1 aliphatic heterocycles. The van der Waals surface area contributed by atoms with Gasteiger partial charge in [0.2, 0.25) is 0 Å². The van der Waals surface area contributed by atoms with E-state index >= 15 is 0 Å². The highest BCUT2D eigenvalue weighted by atomic mass is 16.7. The van der Waals surface area contributed by atoms with Crippen molar-refractivity contribution < 1.29 is 19.7 Å². The Bertz CT molecular complexity index is 633. The Labute approximate surface area is 183 Å². The van der Waals surface area contributed by atoms with Gasteiger partial charge in [0.1, 0.15) is 0 Å². The van der Waals surface area contributed by atoms with Gasteiger partial charge in [-0.15, -0.1) is 0 Å². The summed E-state index contributed by atoms with van der Waals surface area (Å²) in [7, 11) is 0. The molecule has 0 aromatic heterocycles. The van der Waals surface area contributed by atoms with Gasteiger partial charge in [-0.25, -0.2) is 0 Å². The quantitative estimate of drug-likeness (QED) is 0.699. The fourth-order valence-electron chi connectivity index (χ4n) is 9.73. The van der Waals surface area contributed by atoms with Crippen LogP contribution in [0.1, 0.15) is 79.1 Å². The minimum absolute atomic E-state index is 0.0373. The number of hydrogen-bond acceptors (Lipinski definition) is 4. The van der Waals surface area contributed by atoms with E-state index < -0.39 is 0 Å². The lowest BCUT2D eigenvalue weighted by Crippen LogP contribution is -2.62. The Morgan fingerprint density at radius 1 is 0.900 bits per heavy atom. The molecule has 4 nitrogen and oxygen atoms in total. The first-order valence-electron chi connectivity index (χ1n) is 12.9. The van der Waals surface area contributed by atoms with E-state index in [0.29, 0.717) is 41.4 Å². The van der Waals surface area contributed by atoms with Gasteiger partial charge in [-0.1, -0.05) is 34.1 Å². The van der Waals surface area contributed by atoms with Crippen molar-refractivity contribution in [2.45, 2.75) is 97.6 Å². The molecule has 5 rings (SSSR count). The molecule has 5 fully saturated rings. The van der Waals surface area contributed by atoms with Gasteiger partial charge < -0.3 is 19.7 Å². The van der Waals surface area contributed by atoms with Crippen LogP contribution in [-0.2, 0) is 9.47 Å². The molecule has 4 saturated carbocycles. The van der Waals surface area contributed by atoms with E-state index in [1.807, 2.05) is 0 Å². The van der Waals surface area contributed by atoms with Crippen LogP contribution in [0.4, 0.5) is 0 Å². The molecule has 0 aromatic carbocycles. The van der Waals surface area contributed by atoms with Gasteiger partial charge in [0.05, 0.1) is 25.4 Å². The maximum atomic E-state index is 11.8. The third-order valence-electron chi connectivity index (χ3n) is 11.2. The monoisotopic (exact) mass is 420 g/mol. The summed E-state index contributed by atoms with van der Waals surface area (Å²) in [6.07, 6.45) is 8.60. The van der Waals surface area contributed by atoms with Crippen molar-refractivity contribution in [3.05, 3.63) is 0 Å². The van der Waals surface area contributed by atoms with E-state index in [1.165, 1.54) is 25.7 Å². The molecular weight excluding hydrogens is 376 g/mol. The Morgan fingerprint density at radius 2 is 1.57 bits per heavy atom. The Balaban J connectivity index is 1.45. The predicted octanol–water partition coefficient (Wildman–Crippen LogP) is 4.62. The highest BCUT2D eigenvalue weighted by Crippen LogP contribution is 2.69. The van der Waals surface area contributed by atoms with E-state index in [-0.39, 0.29) is 29.3 Å². The third kappa shape index (κ3) is 2.99. The summed E-state index contributed by atoms with van der Waals surface area (Å²) in [5, 5.41) is 22.2. The number of rotatable bonds is 3. The van der Waals surface area contributed by atoms with Gasteiger partial charge in [0.25, 0.3) is 0 Å². The summed E-state index contributed by atoms with van der Waals surface area (Å²) < 4.78 is 11.8. The molecule has 11 atom stereocenters. The van der Waals surface area contributed by atoms with Crippen LogP contribution in [0.5, 0.6) is 0 Å². The largest absolute Gasteiger partial charge is 0.393 e. The lowest BCUT2D eigenvalue weighted by molar-refractivity contribution is -0.206. The average Bonchev–Trinajstić information content (AvgIpc) is 3.37. The highest BCUT2D eigenvalue weighted by Gasteiger charge is 2.65. The molecule has 5 unspecified atom stereocenters. The highest BCUT2D eigenvalue weighted by molar-refractivity contribution is 5.13. The van der Waals surface area contributed by atoms with Gasteiger partial charge in [0, 0.05) is 5.92 Å². The topological polar surface area (TPSA) is 58.9 Å². The van der Waals surface area contributed by atoms with E-state index in [0.717, 1.165) is 38.9 Å². The maximum absolute atomic E-state index is 11.8. The molecule has 0 bridgehead atoms. The van der Waals surface area contributed by atoms with Crippen molar-refractivity contribution in [1.82, 2.24) is 0 Å². The second-order valence-electron chi connectivity index (χ2n) is 12.1. The van der Waals surface area contributed by atoms with Crippen molar-refractivity contribution in [2.75, 3.05) is 13.2 Å². The zero-order valence-corrected chi connectivity index (χ0v) is 19.6. The van der Waals surface area contributed by atoms with Crippen LogP contribution in [-0.4, -0.2) is 41.9 Å². The van der Waals surface area contributed by atoms with Crippen LogP contribution in [0, 0.1) is 52.3 Å². The summed E-state index contributed by atoms with van der Waals surface area (Å²) in [6, 6.07) is 0. The van der Waals surface area contributed by atoms with Gasteiger partial charge in [-0.3, -0.25) is 0 Å². The maximum Gasteiger partial charge on any atom is 0.160 e. The number of aliphatic hydroxyl groups excluding tert-OH is 2. The average molecular weight is 421 g/mol. The predicted molar refractivity (Wildman–Crippen MR) is 117 cm³/mol. The van der Waals surface area contributed by atoms with Crippen LogP contribution in [0.25, 0.3) is 0 Å². The SMILES string of the molecule is CC[C@H]1C(O)C2C(CC[C@@]3(C)C2CC[C@@H]3[C@H](C)C2OCCO2)[C@@]2(C)CC[C@@H](O)CC12. The second kappa shape index (κ2) is 7.71. The molecule has 172 valence electrons. The number of fused-ring (bicyclic) bond motifs is 5. The Hall–Kier alpha value is -0.160. The smallest absolute Gasteiger partial charge is 0.160 e. The third-order valence-corrected chi connectivity index (χ3v) is 11.2. The van der Waals surface area contributed by atoms with Crippen LogP contribution >= 0.6 is 0 Å². The van der Waals surface area contributed by atoms with Gasteiger partial charge >= 0.3 is 0 Å². The van der Waals surface area contributed by atoms with Crippen LogP contribution in [0.15, 0.2) is 0 Å². The van der Waals surface area contributed by atoms with E-state index in [9.17, 15) is 10.2 Å². The molecule has 4 heteroatoms. The molecule has 5 aliphatic rings. The van der Waals surface area contributed by atoms with E-state index in [4.69, 9.17) is 9.47 Å². The number of ether oxygens (including phenoxy) is 2. The zero-order valence-electron chi connectivity index (χ0n) is 19.6. The molecule has 4 aliphatic carbocycles. The molecule has 0 amide bonds. The van der Waals surface area contributed by atoms with Crippen LogP contribution in [0.3, 0.4) is 0 Å². The Kier molecular flexibility index (Phi) is 5.57. The molecule has 0 radical (unpaired) electrons. The van der Waals surface area contributed by atoms with Gasteiger partial charge in [0.15, 0.2) is 6.29 Å². The summed E-state index contributed by atoms with van der Waals surface area (Å²) in [5.41, 5.74) is 0.569. The fourth-order valence-corrected chi connectivity index (χ4v) is 9.73. The minimum atomic E-state index is -0.207. The van der Waals surface area contributed by atoms with Gasteiger partial charge in [-0.2, -0.15) is 0 Å². The first kappa shape index (κ1) is 21.7. The van der Waals surface area contributed by atoms with Crippen molar-refractivity contribution in [3.8, 4) is 0 Å². The van der Waals surface area contributed by atoms with E-state index in [2.05, 4.69) is 27.7 Å². The van der Waals surface area contributed by atoms with Crippen LogP contribution < -0.4 is 0 Å². The number of aliphatic hydroxyl groups is 2. The lowest BCUT2D eigenvalue weighted by atomic mass is 9.41. The lowest BCUT2D eigenvalue weighted by Gasteiger charge is -2.64. The van der Waals surface area contributed by atoms with Crippen LogP contribution in [0.2, 0.25) is 0 Å². The second-order valence-corrected chi connectivity index (χ2v) is 12.1. The summed E-state index contributed by atoms with van der Waals surface area (Å²) in [6.45, 7) is 11.1. The molecule has 0 aromatic rings. The molecule has 1 heterocycles. The minimum Gasteiger partial charge on any atom is -0.393 e. The molecule has 1 saturated heterocycles. The molecule has 0 spiro atoms. The Morgan fingerprint density at radius 3 is 2.27 bits per heavy atom. The first-order chi connectivity index (χ1) is 14.3. The normalized spacial score (nSPS) is 55.0. The molecular formula is C26H44O4. The summed E-state index contributed by atoms with van der Waals surface area (Å²) in [4.78, 5) is 0. The van der Waals surface area contributed by atoms with Crippen molar-refractivity contribution in [2.24, 2.45) is 52.3 Å². The molecule has 2 N–H and O–H groups in total. The van der Waals surface area contributed by atoms with Crippen molar-refractivity contribution in [1.29, 1.82) is 0 Å². The van der Waals surface area contributed by atoms with E-state index in [1.54, 1.807) is 0 Å². The van der Waals surface area contributed by atoms with Gasteiger partial charge in [-0.05, 0) is 91.3 Å². The fraction of sp³-hybridized carbons (Fsp3) is 1.00.